The molecule has 0 saturated carbocycles. The number of hydrogen-bond donors (Lipinski definition) is 2. The molecule has 0 atom stereocenters. The molecule has 0 fully saturated rings. The largest absolute Gasteiger partial charge is 0.484 e. The zero-order chi connectivity index (χ0) is 22.2. The summed E-state index contributed by atoms with van der Waals surface area (Å²) in [7, 11) is 0. The summed E-state index contributed by atoms with van der Waals surface area (Å²) >= 11 is 0. The zero-order valence-corrected chi connectivity index (χ0v) is 17.4. The number of carbonyl (C=O) groups is 2. The number of aryl methyl sites for hydroxylation is 1. The Morgan fingerprint density at radius 2 is 1.84 bits per heavy atom. The number of nitrogens with zero attached hydrogens (tertiary/aromatic N) is 2. The second-order valence-electron chi connectivity index (χ2n) is 6.99. The Balaban J connectivity index is 1.51. The molecule has 0 unspecified atom stereocenters. The first-order valence-electron chi connectivity index (χ1n) is 9.83. The molecule has 0 spiro atoms. The number of hydrogen-bond acceptors (Lipinski definition) is 5. The van der Waals surface area contributed by atoms with Crippen LogP contribution in [0, 0.1) is 6.92 Å². The van der Waals surface area contributed by atoms with Crippen LogP contribution in [0.4, 0.5) is 5.69 Å². The highest BCUT2D eigenvalue weighted by atomic mass is 16.5. The van der Waals surface area contributed by atoms with Gasteiger partial charge in [-0.15, -0.1) is 0 Å². The Hall–Kier alpha value is -3.94. The molecule has 0 aliphatic rings. The third kappa shape index (κ3) is 6.53. The van der Waals surface area contributed by atoms with Crippen LogP contribution >= 0.6 is 0 Å². The SMILES string of the molecule is CC(=O)Nc1cccc(OCC(=O)NCCn2nc(-c3ccc(C)cc3)ccc2=O)c1. The molecule has 2 amide bonds. The van der Waals surface area contributed by atoms with E-state index in [1.807, 2.05) is 31.2 Å². The summed E-state index contributed by atoms with van der Waals surface area (Å²) in [4.78, 5) is 35.3. The van der Waals surface area contributed by atoms with Crippen LogP contribution in [0.5, 0.6) is 5.75 Å². The quantitative estimate of drug-likeness (QED) is 0.583. The van der Waals surface area contributed by atoms with Gasteiger partial charge in [0, 0.05) is 36.9 Å². The molecule has 0 aliphatic carbocycles. The maximum atomic E-state index is 12.1. The summed E-state index contributed by atoms with van der Waals surface area (Å²) in [6.07, 6.45) is 0. The van der Waals surface area contributed by atoms with E-state index in [9.17, 15) is 14.4 Å². The van der Waals surface area contributed by atoms with Crippen LogP contribution in [0.15, 0.2) is 65.5 Å². The van der Waals surface area contributed by atoms with E-state index < -0.39 is 0 Å². The second-order valence-corrected chi connectivity index (χ2v) is 6.99. The first kappa shape index (κ1) is 21.8. The van der Waals surface area contributed by atoms with Crippen LogP contribution in [-0.2, 0) is 16.1 Å². The normalized spacial score (nSPS) is 10.4. The lowest BCUT2D eigenvalue weighted by atomic mass is 10.1. The van der Waals surface area contributed by atoms with E-state index in [4.69, 9.17) is 4.74 Å². The fraction of sp³-hybridized carbons (Fsp3) is 0.217. The molecule has 0 bridgehead atoms. The van der Waals surface area contributed by atoms with Gasteiger partial charge in [0.05, 0.1) is 12.2 Å². The Bertz CT molecular complexity index is 1120. The number of ether oxygens (including phenoxy) is 1. The smallest absolute Gasteiger partial charge is 0.266 e. The van der Waals surface area contributed by atoms with Crippen LogP contribution in [-0.4, -0.2) is 34.7 Å². The number of benzene rings is 2. The minimum absolute atomic E-state index is 0.185. The molecule has 0 saturated heterocycles. The van der Waals surface area contributed by atoms with E-state index in [0.29, 0.717) is 17.1 Å². The summed E-state index contributed by atoms with van der Waals surface area (Å²) in [5.41, 5.74) is 3.09. The molecule has 3 aromatic rings. The highest BCUT2D eigenvalue weighted by Gasteiger charge is 2.06. The third-order valence-corrected chi connectivity index (χ3v) is 4.38. The molecule has 160 valence electrons. The number of amides is 2. The van der Waals surface area contributed by atoms with E-state index in [-0.39, 0.29) is 37.1 Å². The van der Waals surface area contributed by atoms with Gasteiger partial charge in [-0.25, -0.2) is 4.68 Å². The maximum absolute atomic E-state index is 12.1. The number of nitrogens with one attached hydrogen (secondary N) is 2. The highest BCUT2D eigenvalue weighted by molar-refractivity contribution is 5.88. The highest BCUT2D eigenvalue weighted by Crippen LogP contribution is 2.17. The van der Waals surface area contributed by atoms with Crippen molar-refractivity contribution in [1.29, 1.82) is 0 Å². The van der Waals surface area contributed by atoms with E-state index in [1.165, 1.54) is 17.7 Å². The van der Waals surface area contributed by atoms with Gasteiger partial charge in [0.25, 0.3) is 11.5 Å². The van der Waals surface area contributed by atoms with Gasteiger partial charge in [0.1, 0.15) is 5.75 Å². The van der Waals surface area contributed by atoms with Gasteiger partial charge >= 0.3 is 0 Å². The van der Waals surface area contributed by atoms with Crippen molar-refractivity contribution in [2.75, 3.05) is 18.5 Å². The predicted molar refractivity (Wildman–Crippen MR) is 118 cm³/mol. The molecule has 2 N–H and O–H groups in total. The molecule has 2 aromatic carbocycles. The number of anilines is 1. The van der Waals surface area contributed by atoms with Crippen molar-refractivity contribution in [1.82, 2.24) is 15.1 Å². The molecule has 8 nitrogen and oxygen atoms in total. The van der Waals surface area contributed by atoms with Crippen LogP contribution in [0.2, 0.25) is 0 Å². The Morgan fingerprint density at radius 1 is 1.06 bits per heavy atom. The van der Waals surface area contributed by atoms with E-state index in [1.54, 1.807) is 30.3 Å². The van der Waals surface area contributed by atoms with Gasteiger partial charge in [0.2, 0.25) is 5.91 Å². The van der Waals surface area contributed by atoms with Gasteiger partial charge < -0.3 is 15.4 Å². The molecule has 0 aliphatic heterocycles. The van der Waals surface area contributed by atoms with Crippen molar-refractivity contribution in [2.24, 2.45) is 0 Å². The average Bonchev–Trinajstić information content (AvgIpc) is 2.74. The minimum atomic E-state index is -0.326. The zero-order valence-electron chi connectivity index (χ0n) is 17.4. The average molecular weight is 420 g/mol. The number of rotatable bonds is 8. The minimum Gasteiger partial charge on any atom is -0.484 e. The summed E-state index contributed by atoms with van der Waals surface area (Å²) in [6.45, 7) is 3.71. The summed E-state index contributed by atoms with van der Waals surface area (Å²) in [5.74, 6) is -0.0528. The lowest BCUT2D eigenvalue weighted by molar-refractivity contribution is -0.123. The van der Waals surface area contributed by atoms with Crippen molar-refractivity contribution in [3.05, 3.63) is 76.6 Å². The number of carbonyl (C=O) groups excluding carboxylic acids is 2. The molecule has 31 heavy (non-hydrogen) atoms. The van der Waals surface area contributed by atoms with Crippen molar-refractivity contribution in [3.63, 3.8) is 0 Å². The van der Waals surface area contributed by atoms with Crippen LogP contribution < -0.4 is 20.9 Å². The summed E-state index contributed by atoms with van der Waals surface area (Å²) < 4.78 is 6.78. The fourth-order valence-corrected chi connectivity index (χ4v) is 2.86. The molecular formula is C23H24N4O4. The van der Waals surface area contributed by atoms with Gasteiger partial charge in [-0.05, 0) is 25.1 Å². The van der Waals surface area contributed by atoms with E-state index >= 15 is 0 Å². The third-order valence-electron chi connectivity index (χ3n) is 4.38. The lowest BCUT2D eigenvalue weighted by Gasteiger charge is -2.10. The monoisotopic (exact) mass is 420 g/mol. The molecule has 3 rings (SSSR count). The van der Waals surface area contributed by atoms with Crippen LogP contribution in [0.25, 0.3) is 11.3 Å². The van der Waals surface area contributed by atoms with Crippen molar-refractivity contribution in [3.8, 4) is 17.0 Å². The topological polar surface area (TPSA) is 102 Å². The molecular weight excluding hydrogens is 396 g/mol. The fourth-order valence-electron chi connectivity index (χ4n) is 2.86. The Morgan fingerprint density at radius 3 is 2.58 bits per heavy atom. The Labute approximate surface area is 179 Å². The lowest BCUT2D eigenvalue weighted by Crippen LogP contribution is -2.34. The number of aromatic nitrogens is 2. The first-order chi connectivity index (χ1) is 14.9. The Kier molecular flexibility index (Phi) is 7.16. The van der Waals surface area contributed by atoms with Crippen molar-refractivity contribution < 1.29 is 14.3 Å². The first-order valence-corrected chi connectivity index (χ1v) is 9.83. The van der Waals surface area contributed by atoms with E-state index in [0.717, 1.165) is 11.1 Å². The van der Waals surface area contributed by atoms with E-state index in [2.05, 4.69) is 15.7 Å². The van der Waals surface area contributed by atoms with Crippen LogP contribution in [0.1, 0.15) is 12.5 Å². The van der Waals surface area contributed by atoms with Crippen molar-refractivity contribution >= 4 is 17.5 Å². The predicted octanol–water partition coefficient (Wildman–Crippen LogP) is 2.37. The van der Waals surface area contributed by atoms with Gasteiger partial charge in [-0.2, -0.15) is 5.10 Å². The van der Waals surface area contributed by atoms with Crippen LogP contribution in [0.3, 0.4) is 0 Å². The molecule has 8 heteroatoms. The van der Waals surface area contributed by atoms with Crippen molar-refractivity contribution in [2.45, 2.75) is 20.4 Å². The molecule has 0 radical (unpaired) electrons. The molecule has 1 aromatic heterocycles. The van der Waals surface area contributed by atoms with Gasteiger partial charge in [-0.1, -0.05) is 35.9 Å². The van der Waals surface area contributed by atoms with Gasteiger partial charge in [0.15, 0.2) is 6.61 Å². The second kappa shape index (κ2) is 10.2. The van der Waals surface area contributed by atoms with Gasteiger partial charge in [-0.3, -0.25) is 14.4 Å². The summed E-state index contributed by atoms with van der Waals surface area (Å²) in [6, 6.07) is 17.8. The molecule has 1 heterocycles. The standard InChI is InChI=1S/C23H24N4O4/c1-16-6-8-18(9-7-16)21-10-11-23(30)27(26-21)13-12-24-22(29)15-31-20-5-3-4-19(14-20)25-17(2)28/h3-11,14H,12-13,15H2,1-2H3,(H,24,29)(H,25,28). The summed E-state index contributed by atoms with van der Waals surface area (Å²) in [5, 5.41) is 9.74. The maximum Gasteiger partial charge on any atom is 0.266 e.